The van der Waals surface area contributed by atoms with Crippen LogP contribution in [-0.4, -0.2) is 59.9 Å². The van der Waals surface area contributed by atoms with E-state index >= 15 is 0 Å². The fourth-order valence-corrected chi connectivity index (χ4v) is 4.59. The zero-order valence-corrected chi connectivity index (χ0v) is 16.3. The first-order valence-corrected chi connectivity index (χ1v) is 10.1. The van der Waals surface area contributed by atoms with Crippen molar-refractivity contribution >= 4 is 17.2 Å². The first kappa shape index (κ1) is 18.0. The van der Waals surface area contributed by atoms with Gasteiger partial charge in [0, 0.05) is 56.2 Å². The number of Topliss-reactive ketones (excluding diaryl/α,β-unsaturated/α-hetero) is 1. The van der Waals surface area contributed by atoms with Gasteiger partial charge in [-0.25, -0.2) is 0 Å². The Labute approximate surface area is 169 Å². The van der Waals surface area contributed by atoms with Gasteiger partial charge in [0.05, 0.1) is 25.0 Å². The highest BCUT2D eigenvalue weighted by Gasteiger charge is 2.34. The number of anilines is 1. The van der Waals surface area contributed by atoms with Crippen LogP contribution in [0.15, 0.2) is 42.2 Å². The Bertz CT molecular complexity index is 999. The van der Waals surface area contributed by atoms with Crippen LogP contribution < -0.4 is 4.90 Å². The lowest BCUT2D eigenvalue weighted by atomic mass is 9.87. The second kappa shape index (κ2) is 7.37. The molecule has 1 aliphatic carbocycles. The second-order valence-electron chi connectivity index (χ2n) is 7.75. The van der Waals surface area contributed by atoms with Gasteiger partial charge in [0.15, 0.2) is 5.78 Å². The van der Waals surface area contributed by atoms with Crippen molar-refractivity contribution in [2.75, 3.05) is 44.3 Å². The molecular formula is C22H23N5O2. The second-order valence-corrected chi connectivity index (χ2v) is 7.75. The van der Waals surface area contributed by atoms with Crippen LogP contribution in [0.4, 0.5) is 5.69 Å². The Morgan fingerprint density at radius 2 is 2.03 bits per heavy atom. The van der Waals surface area contributed by atoms with Crippen molar-refractivity contribution in [1.29, 1.82) is 5.26 Å². The van der Waals surface area contributed by atoms with E-state index in [9.17, 15) is 10.1 Å². The maximum atomic E-state index is 12.7. The predicted octanol–water partition coefficient (Wildman–Crippen LogP) is 2.03. The number of aromatic nitrogens is 2. The molecule has 0 unspecified atom stereocenters. The summed E-state index contributed by atoms with van der Waals surface area (Å²) in [5.74, 6) is -0.0864. The molecule has 7 nitrogen and oxygen atoms in total. The monoisotopic (exact) mass is 389 g/mol. The van der Waals surface area contributed by atoms with Crippen molar-refractivity contribution in [2.24, 2.45) is 0 Å². The zero-order valence-electron chi connectivity index (χ0n) is 16.3. The molecule has 3 aliphatic rings. The molecule has 0 bridgehead atoms. The molecule has 2 saturated heterocycles. The number of nitrogens with zero attached hydrogens (tertiary/aromatic N) is 5. The van der Waals surface area contributed by atoms with Crippen molar-refractivity contribution in [1.82, 2.24) is 14.7 Å². The highest BCUT2D eigenvalue weighted by Crippen LogP contribution is 2.38. The minimum Gasteiger partial charge on any atom is -0.378 e. The standard InChI is InChI=1S/C22H23N5O2/c23-14-20-21(28)12-16-2-3-17(25-8-10-29-11-9-25)13-19(16)22(20)26-7-4-18(15-26)27-6-1-5-24-27/h1-3,5-6,13,18H,4,7-12,15H2/t18-/m1/s1. The maximum Gasteiger partial charge on any atom is 0.179 e. The zero-order chi connectivity index (χ0) is 19.8. The fraction of sp³-hybridized carbons (Fsp3) is 0.409. The number of carbonyl (C=O) groups is 1. The van der Waals surface area contributed by atoms with Crippen LogP contribution in [0.5, 0.6) is 0 Å². The molecule has 29 heavy (non-hydrogen) atoms. The topological polar surface area (TPSA) is 74.4 Å². The summed E-state index contributed by atoms with van der Waals surface area (Å²) in [5, 5.41) is 14.2. The molecule has 0 N–H and O–H groups in total. The van der Waals surface area contributed by atoms with Crippen LogP contribution in [0.2, 0.25) is 0 Å². The molecule has 2 aliphatic heterocycles. The van der Waals surface area contributed by atoms with Gasteiger partial charge < -0.3 is 14.5 Å². The number of fused-ring (bicyclic) bond motifs is 1. The predicted molar refractivity (Wildman–Crippen MR) is 108 cm³/mol. The number of carbonyl (C=O) groups excluding carboxylic acids is 1. The van der Waals surface area contributed by atoms with Crippen molar-refractivity contribution in [3.8, 4) is 6.07 Å². The van der Waals surface area contributed by atoms with E-state index in [1.54, 1.807) is 6.20 Å². The molecule has 2 fully saturated rings. The maximum absolute atomic E-state index is 12.7. The molecule has 3 heterocycles. The number of ketones is 1. The van der Waals surface area contributed by atoms with Crippen LogP contribution in [0.1, 0.15) is 23.6 Å². The number of nitriles is 1. The summed E-state index contributed by atoms with van der Waals surface area (Å²) in [4.78, 5) is 17.2. The van der Waals surface area contributed by atoms with Crippen molar-refractivity contribution in [2.45, 2.75) is 18.9 Å². The Balaban J connectivity index is 1.53. The highest BCUT2D eigenvalue weighted by molar-refractivity contribution is 6.10. The minimum absolute atomic E-state index is 0.0864. The summed E-state index contributed by atoms with van der Waals surface area (Å²) in [6.07, 6.45) is 5.00. The smallest absolute Gasteiger partial charge is 0.179 e. The van der Waals surface area contributed by atoms with Crippen molar-refractivity contribution < 1.29 is 9.53 Å². The number of benzene rings is 1. The van der Waals surface area contributed by atoms with Gasteiger partial charge in [-0.05, 0) is 30.2 Å². The van der Waals surface area contributed by atoms with Crippen molar-refractivity contribution in [3.05, 3.63) is 53.4 Å². The van der Waals surface area contributed by atoms with Gasteiger partial charge in [-0.3, -0.25) is 9.48 Å². The number of allylic oxidation sites excluding steroid dienone is 1. The van der Waals surface area contributed by atoms with E-state index in [1.807, 2.05) is 23.0 Å². The summed E-state index contributed by atoms with van der Waals surface area (Å²) in [5.41, 5.74) is 4.23. The third-order valence-corrected chi connectivity index (χ3v) is 6.08. The number of hydrogen-bond acceptors (Lipinski definition) is 6. The minimum atomic E-state index is -0.0864. The van der Waals surface area contributed by atoms with Gasteiger partial charge in [-0.1, -0.05) is 6.07 Å². The fourth-order valence-electron chi connectivity index (χ4n) is 4.59. The van der Waals surface area contributed by atoms with Gasteiger partial charge in [0.1, 0.15) is 11.6 Å². The summed E-state index contributed by atoms with van der Waals surface area (Å²) in [6.45, 7) is 4.70. The first-order valence-electron chi connectivity index (χ1n) is 10.1. The quantitative estimate of drug-likeness (QED) is 0.800. The van der Waals surface area contributed by atoms with Gasteiger partial charge in [0.25, 0.3) is 0 Å². The summed E-state index contributed by atoms with van der Waals surface area (Å²) in [7, 11) is 0. The van der Waals surface area contributed by atoms with Gasteiger partial charge in [-0.15, -0.1) is 0 Å². The third kappa shape index (κ3) is 3.19. The lowest BCUT2D eigenvalue weighted by Gasteiger charge is -2.32. The van der Waals surface area contributed by atoms with E-state index in [0.29, 0.717) is 6.42 Å². The Morgan fingerprint density at radius 3 is 2.79 bits per heavy atom. The van der Waals surface area contributed by atoms with Gasteiger partial charge in [0.2, 0.25) is 0 Å². The lowest BCUT2D eigenvalue weighted by molar-refractivity contribution is -0.114. The Hall–Kier alpha value is -3.11. The van der Waals surface area contributed by atoms with Crippen LogP contribution in [0.25, 0.3) is 5.70 Å². The molecule has 2 aromatic rings. The number of likely N-dealkylation sites (tertiary alicyclic amines) is 1. The average molecular weight is 389 g/mol. The van der Waals surface area contributed by atoms with E-state index in [4.69, 9.17) is 4.74 Å². The van der Waals surface area contributed by atoms with Gasteiger partial charge >= 0.3 is 0 Å². The molecule has 0 radical (unpaired) electrons. The molecule has 7 heteroatoms. The molecule has 5 rings (SSSR count). The number of rotatable bonds is 3. The van der Waals surface area contributed by atoms with E-state index in [-0.39, 0.29) is 17.4 Å². The van der Waals surface area contributed by atoms with E-state index in [0.717, 1.165) is 68.3 Å². The summed E-state index contributed by atoms with van der Waals surface area (Å²) < 4.78 is 7.45. The van der Waals surface area contributed by atoms with E-state index in [2.05, 4.69) is 33.1 Å². The molecule has 0 spiro atoms. The molecule has 1 aromatic heterocycles. The Kier molecular flexibility index (Phi) is 4.57. The van der Waals surface area contributed by atoms with E-state index < -0.39 is 0 Å². The van der Waals surface area contributed by atoms with Gasteiger partial charge in [-0.2, -0.15) is 10.4 Å². The highest BCUT2D eigenvalue weighted by atomic mass is 16.5. The molecule has 0 saturated carbocycles. The van der Waals surface area contributed by atoms with E-state index in [1.165, 1.54) is 0 Å². The summed E-state index contributed by atoms with van der Waals surface area (Å²) >= 11 is 0. The average Bonchev–Trinajstić information content (AvgIpc) is 3.45. The number of morpholine rings is 1. The SMILES string of the molecule is N#CC1=C(N2CC[C@@H](n3cccn3)C2)c2cc(N3CCOCC3)ccc2CC1=O. The molecule has 0 amide bonds. The van der Waals surface area contributed by atoms with Crippen LogP contribution in [-0.2, 0) is 16.0 Å². The van der Waals surface area contributed by atoms with Crippen LogP contribution in [0.3, 0.4) is 0 Å². The largest absolute Gasteiger partial charge is 0.378 e. The molecule has 1 aromatic carbocycles. The van der Waals surface area contributed by atoms with Crippen LogP contribution in [0, 0.1) is 11.3 Å². The molecular weight excluding hydrogens is 366 g/mol. The molecule has 1 atom stereocenters. The summed E-state index contributed by atoms with van der Waals surface area (Å²) in [6, 6.07) is 10.7. The first-order chi connectivity index (χ1) is 14.2. The number of ether oxygens (including phenoxy) is 1. The third-order valence-electron chi connectivity index (χ3n) is 6.08. The number of hydrogen-bond donors (Lipinski definition) is 0. The molecule has 148 valence electrons. The van der Waals surface area contributed by atoms with Crippen LogP contribution >= 0.6 is 0 Å². The Morgan fingerprint density at radius 1 is 1.17 bits per heavy atom. The normalized spacial score (nSPS) is 22.0. The lowest BCUT2D eigenvalue weighted by Crippen LogP contribution is -2.36. The van der Waals surface area contributed by atoms with Crippen molar-refractivity contribution in [3.63, 3.8) is 0 Å².